The Morgan fingerprint density at radius 2 is 1.83 bits per heavy atom. The zero-order valence-electron chi connectivity index (χ0n) is 18.1. The molecule has 0 aliphatic carbocycles. The maximum absolute atomic E-state index is 12.1. The number of nitrogens with zero attached hydrogens (tertiary/aromatic N) is 1. The lowest BCUT2D eigenvalue weighted by atomic mass is 10.1. The molecule has 0 bridgehead atoms. The lowest BCUT2D eigenvalue weighted by Gasteiger charge is -2.42. The first-order valence-corrected chi connectivity index (χ1v) is 11.9. The van der Waals surface area contributed by atoms with Crippen molar-refractivity contribution >= 4 is 27.3 Å². The van der Waals surface area contributed by atoms with Crippen LogP contribution in [0.2, 0.25) is 0 Å². The topological polar surface area (TPSA) is 87.7 Å². The molecule has 8 heteroatoms. The number of rotatable bonds is 9. The maximum Gasteiger partial charge on any atom is 0.224 e. The van der Waals surface area contributed by atoms with Gasteiger partial charge in [0.05, 0.1) is 23.5 Å². The van der Waals surface area contributed by atoms with Crippen LogP contribution >= 0.6 is 0 Å². The third kappa shape index (κ3) is 6.97. The van der Waals surface area contributed by atoms with Gasteiger partial charge in [-0.25, -0.2) is 13.1 Å². The SMILES string of the molecule is CC1[C@@H](C)O[C@@H](C)CN1c1ccc(NC(=O)CCCCNS(=O)(=O)C(C)C)cc1. The number of unbranched alkanes of at least 4 members (excludes halogenated alkanes) is 1. The molecule has 29 heavy (non-hydrogen) atoms. The quantitative estimate of drug-likeness (QED) is 0.594. The predicted octanol–water partition coefficient (Wildman–Crippen LogP) is 3.13. The molecule has 1 unspecified atom stereocenters. The summed E-state index contributed by atoms with van der Waals surface area (Å²) in [6.07, 6.45) is 1.98. The molecule has 1 aromatic rings. The highest BCUT2D eigenvalue weighted by atomic mass is 32.2. The predicted molar refractivity (Wildman–Crippen MR) is 118 cm³/mol. The molecule has 1 saturated heterocycles. The van der Waals surface area contributed by atoms with Crippen molar-refractivity contribution < 1.29 is 17.9 Å². The number of ether oxygens (including phenoxy) is 1. The summed E-state index contributed by atoms with van der Waals surface area (Å²) < 4.78 is 31.8. The maximum atomic E-state index is 12.1. The van der Waals surface area contributed by atoms with Gasteiger partial charge in [-0.2, -0.15) is 0 Å². The summed E-state index contributed by atoms with van der Waals surface area (Å²) in [5.74, 6) is -0.0635. The van der Waals surface area contributed by atoms with Crippen LogP contribution in [0, 0.1) is 0 Å². The number of carbonyl (C=O) groups is 1. The Kier molecular flexibility index (Phi) is 8.48. The number of hydrogen-bond acceptors (Lipinski definition) is 5. The van der Waals surface area contributed by atoms with E-state index in [4.69, 9.17) is 4.74 Å². The van der Waals surface area contributed by atoms with Gasteiger partial charge < -0.3 is 15.0 Å². The number of morpholine rings is 1. The monoisotopic (exact) mass is 425 g/mol. The minimum absolute atomic E-state index is 0.0635. The third-order valence-electron chi connectivity index (χ3n) is 5.31. The first kappa shape index (κ1) is 23.6. The van der Waals surface area contributed by atoms with Crippen LogP contribution in [0.4, 0.5) is 11.4 Å². The summed E-state index contributed by atoms with van der Waals surface area (Å²) in [6.45, 7) is 10.8. The molecule has 0 aromatic heterocycles. The number of carbonyl (C=O) groups excluding carboxylic acids is 1. The number of sulfonamides is 1. The average Bonchev–Trinajstić information content (AvgIpc) is 2.65. The van der Waals surface area contributed by atoms with Crippen LogP contribution in [-0.4, -0.2) is 50.9 Å². The van der Waals surface area contributed by atoms with Gasteiger partial charge in [0.2, 0.25) is 15.9 Å². The fraction of sp³-hybridized carbons (Fsp3) is 0.667. The van der Waals surface area contributed by atoms with E-state index in [-0.39, 0.29) is 18.1 Å². The van der Waals surface area contributed by atoms with Gasteiger partial charge in [-0.15, -0.1) is 0 Å². The van der Waals surface area contributed by atoms with E-state index in [1.54, 1.807) is 13.8 Å². The van der Waals surface area contributed by atoms with Crippen molar-refractivity contribution in [2.45, 2.75) is 77.4 Å². The molecule has 2 N–H and O–H groups in total. The number of hydrogen-bond donors (Lipinski definition) is 2. The lowest BCUT2D eigenvalue weighted by Crippen LogP contribution is -2.52. The number of amides is 1. The number of nitrogens with one attached hydrogen (secondary N) is 2. The second kappa shape index (κ2) is 10.4. The van der Waals surface area contributed by atoms with Crippen molar-refractivity contribution in [3.63, 3.8) is 0 Å². The largest absolute Gasteiger partial charge is 0.372 e. The van der Waals surface area contributed by atoms with Crippen LogP contribution < -0.4 is 14.9 Å². The zero-order chi connectivity index (χ0) is 21.6. The van der Waals surface area contributed by atoms with Gasteiger partial charge in [0.25, 0.3) is 0 Å². The lowest BCUT2D eigenvalue weighted by molar-refractivity contribution is -0.116. The van der Waals surface area contributed by atoms with Gasteiger partial charge in [0.15, 0.2) is 0 Å². The highest BCUT2D eigenvalue weighted by molar-refractivity contribution is 7.90. The molecule has 164 valence electrons. The van der Waals surface area contributed by atoms with Gasteiger partial charge in [-0.3, -0.25) is 4.79 Å². The smallest absolute Gasteiger partial charge is 0.224 e. The van der Waals surface area contributed by atoms with Crippen LogP contribution in [-0.2, 0) is 19.6 Å². The van der Waals surface area contributed by atoms with E-state index in [9.17, 15) is 13.2 Å². The van der Waals surface area contributed by atoms with Crippen LogP contribution in [0.15, 0.2) is 24.3 Å². The second-order valence-corrected chi connectivity index (χ2v) is 10.4. The van der Waals surface area contributed by atoms with E-state index in [1.165, 1.54) is 0 Å². The first-order valence-electron chi connectivity index (χ1n) is 10.4. The van der Waals surface area contributed by atoms with Gasteiger partial charge >= 0.3 is 0 Å². The van der Waals surface area contributed by atoms with Gasteiger partial charge in [-0.05, 0) is 71.7 Å². The molecule has 1 amide bonds. The van der Waals surface area contributed by atoms with Crippen molar-refractivity contribution in [2.24, 2.45) is 0 Å². The summed E-state index contributed by atoms with van der Waals surface area (Å²) in [5, 5.41) is 2.46. The van der Waals surface area contributed by atoms with Crippen molar-refractivity contribution in [3.05, 3.63) is 24.3 Å². The Hall–Kier alpha value is -1.64. The normalized spacial score (nSPS) is 22.7. The van der Waals surface area contributed by atoms with E-state index in [1.807, 2.05) is 24.3 Å². The molecule has 7 nitrogen and oxygen atoms in total. The molecule has 0 spiro atoms. The van der Waals surface area contributed by atoms with Gasteiger partial charge in [0.1, 0.15) is 0 Å². The number of anilines is 2. The Morgan fingerprint density at radius 1 is 1.17 bits per heavy atom. The molecular weight excluding hydrogens is 390 g/mol. The number of benzene rings is 1. The molecule has 1 fully saturated rings. The Bertz CT molecular complexity index is 765. The van der Waals surface area contributed by atoms with Crippen molar-refractivity contribution in [1.82, 2.24) is 4.72 Å². The van der Waals surface area contributed by atoms with Crippen molar-refractivity contribution in [1.29, 1.82) is 0 Å². The average molecular weight is 426 g/mol. The molecule has 0 radical (unpaired) electrons. The highest BCUT2D eigenvalue weighted by Gasteiger charge is 2.29. The van der Waals surface area contributed by atoms with Crippen LogP contribution in [0.5, 0.6) is 0 Å². The van der Waals surface area contributed by atoms with Crippen LogP contribution in [0.1, 0.15) is 53.9 Å². The molecule has 3 atom stereocenters. The fourth-order valence-corrected chi connectivity index (χ4v) is 4.07. The van der Waals surface area contributed by atoms with Crippen molar-refractivity contribution in [3.8, 4) is 0 Å². The molecule has 1 aliphatic rings. The molecule has 1 aromatic carbocycles. The minimum Gasteiger partial charge on any atom is -0.372 e. The zero-order valence-corrected chi connectivity index (χ0v) is 19.0. The Morgan fingerprint density at radius 3 is 2.45 bits per heavy atom. The van der Waals surface area contributed by atoms with Crippen molar-refractivity contribution in [2.75, 3.05) is 23.3 Å². The summed E-state index contributed by atoms with van der Waals surface area (Å²) in [7, 11) is -3.23. The molecule has 0 saturated carbocycles. The Labute approximate surface area is 175 Å². The van der Waals surface area contributed by atoms with E-state index < -0.39 is 15.3 Å². The molecule has 2 rings (SSSR count). The minimum atomic E-state index is -3.23. The van der Waals surface area contributed by atoms with Crippen LogP contribution in [0.25, 0.3) is 0 Å². The standard InChI is InChI=1S/C21H35N3O4S/c1-15(2)29(26,27)22-13-7-6-8-21(25)23-19-9-11-20(12-10-19)24-14-16(3)28-18(5)17(24)4/h9-12,15-18,22H,6-8,13-14H2,1-5H3,(H,23,25)/t16-,17?,18+/m0/s1. The van der Waals surface area contributed by atoms with E-state index in [0.29, 0.717) is 31.8 Å². The van der Waals surface area contributed by atoms with E-state index >= 15 is 0 Å². The summed E-state index contributed by atoms with van der Waals surface area (Å²) in [5.41, 5.74) is 1.89. The van der Waals surface area contributed by atoms with E-state index in [0.717, 1.165) is 17.9 Å². The summed E-state index contributed by atoms with van der Waals surface area (Å²) in [4.78, 5) is 14.5. The second-order valence-electron chi connectivity index (χ2n) is 8.09. The first-order chi connectivity index (χ1) is 13.6. The van der Waals surface area contributed by atoms with Crippen LogP contribution in [0.3, 0.4) is 0 Å². The fourth-order valence-electron chi connectivity index (χ4n) is 3.31. The highest BCUT2D eigenvalue weighted by Crippen LogP contribution is 2.26. The van der Waals surface area contributed by atoms with Gasteiger partial charge in [-0.1, -0.05) is 0 Å². The van der Waals surface area contributed by atoms with E-state index in [2.05, 4.69) is 35.7 Å². The Balaban J connectivity index is 1.77. The molecule has 1 aliphatic heterocycles. The molecular formula is C21H35N3O4S. The summed E-state index contributed by atoms with van der Waals surface area (Å²) in [6, 6.07) is 8.18. The third-order valence-corrected chi connectivity index (χ3v) is 7.16. The summed E-state index contributed by atoms with van der Waals surface area (Å²) >= 11 is 0. The van der Waals surface area contributed by atoms with Gasteiger partial charge in [0, 0.05) is 30.9 Å². The molecule has 1 heterocycles.